The van der Waals surface area contributed by atoms with Crippen LogP contribution in [0.2, 0.25) is 0 Å². The van der Waals surface area contributed by atoms with Gasteiger partial charge >= 0.3 is 0 Å². The third kappa shape index (κ3) is 1.70. The first-order chi connectivity index (χ1) is 7.26. The minimum Gasteiger partial charge on any atom is -0.496 e. The zero-order valence-corrected chi connectivity index (χ0v) is 9.16. The Labute approximate surface area is 89.4 Å². The van der Waals surface area contributed by atoms with E-state index in [1.807, 2.05) is 13.2 Å². The average Bonchev–Trinajstić information content (AvgIpc) is 2.60. The van der Waals surface area contributed by atoms with Gasteiger partial charge in [0.25, 0.3) is 0 Å². The molecule has 1 aromatic heterocycles. The summed E-state index contributed by atoms with van der Waals surface area (Å²) in [5.41, 5.74) is 7.98. The Kier molecular flexibility index (Phi) is 2.64. The molecule has 0 aliphatic heterocycles. The van der Waals surface area contributed by atoms with Crippen molar-refractivity contribution in [3.8, 4) is 5.75 Å². The Morgan fingerprint density at radius 2 is 2.20 bits per heavy atom. The molecule has 0 fully saturated rings. The first kappa shape index (κ1) is 10.1. The molecule has 0 atom stereocenters. The van der Waals surface area contributed by atoms with E-state index in [9.17, 15) is 0 Å². The molecule has 1 heterocycles. The number of ether oxygens (including phenoxy) is 1. The van der Waals surface area contributed by atoms with Crippen molar-refractivity contribution in [1.82, 2.24) is 4.57 Å². The second-order valence-electron chi connectivity index (χ2n) is 3.70. The van der Waals surface area contributed by atoms with Crippen LogP contribution in [0.25, 0.3) is 10.9 Å². The summed E-state index contributed by atoms with van der Waals surface area (Å²) in [5.74, 6) is 0.927. The van der Waals surface area contributed by atoms with Crippen molar-refractivity contribution in [3.63, 3.8) is 0 Å². The van der Waals surface area contributed by atoms with Crippen molar-refractivity contribution in [1.29, 1.82) is 0 Å². The van der Waals surface area contributed by atoms with Crippen LogP contribution in [0.5, 0.6) is 5.75 Å². The third-order valence-corrected chi connectivity index (χ3v) is 2.68. The highest BCUT2D eigenvalue weighted by Crippen LogP contribution is 2.28. The van der Waals surface area contributed by atoms with Gasteiger partial charge in [0, 0.05) is 18.6 Å². The van der Waals surface area contributed by atoms with E-state index >= 15 is 0 Å². The molecule has 0 saturated carbocycles. The van der Waals surface area contributed by atoms with Gasteiger partial charge < -0.3 is 15.0 Å². The third-order valence-electron chi connectivity index (χ3n) is 2.68. The summed E-state index contributed by atoms with van der Waals surface area (Å²) in [6.45, 7) is 0.666. The first-order valence-corrected chi connectivity index (χ1v) is 5.08. The highest BCUT2D eigenvalue weighted by molar-refractivity contribution is 5.87. The zero-order chi connectivity index (χ0) is 10.8. The van der Waals surface area contributed by atoms with Crippen molar-refractivity contribution in [2.75, 3.05) is 13.7 Å². The largest absolute Gasteiger partial charge is 0.496 e. The van der Waals surface area contributed by atoms with Gasteiger partial charge in [-0.05, 0) is 36.7 Å². The van der Waals surface area contributed by atoms with E-state index in [0.717, 1.165) is 17.6 Å². The molecule has 3 nitrogen and oxygen atoms in total. The van der Waals surface area contributed by atoms with Gasteiger partial charge in [0.05, 0.1) is 12.6 Å². The molecule has 0 aliphatic rings. The number of hydrogen-bond acceptors (Lipinski definition) is 2. The molecule has 0 aliphatic carbocycles. The van der Waals surface area contributed by atoms with Crippen LogP contribution in [0, 0.1) is 0 Å². The van der Waals surface area contributed by atoms with E-state index in [1.165, 1.54) is 11.1 Å². The highest BCUT2D eigenvalue weighted by Gasteiger charge is 2.06. The quantitative estimate of drug-likeness (QED) is 0.826. The molecule has 2 N–H and O–H groups in total. The number of nitrogens with two attached hydrogens (primary N) is 1. The fraction of sp³-hybridized carbons (Fsp3) is 0.333. The monoisotopic (exact) mass is 204 g/mol. The van der Waals surface area contributed by atoms with Crippen LogP contribution in [0.1, 0.15) is 5.56 Å². The van der Waals surface area contributed by atoms with E-state index in [4.69, 9.17) is 10.5 Å². The van der Waals surface area contributed by atoms with Gasteiger partial charge in [0.2, 0.25) is 0 Å². The summed E-state index contributed by atoms with van der Waals surface area (Å²) >= 11 is 0. The predicted molar refractivity (Wildman–Crippen MR) is 62.2 cm³/mol. The lowest BCUT2D eigenvalue weighted by molar-refractivity contribution is 0.419. The molecule has 0 spiro atoms. The van der Waals surface area contributed by atoms with Crippen LogP contribution in [-0.4, -0.2) is 18.2 Å². The zero-order valence-electron chi connectivity index (χ0n) is 9.16. The number of rotatable bonds is 3. The fourth-order valence-electron chi connectivity index (χ4n) is 1.87. The van der Waals surface area contributed by atoms with Gasteiger partial charge in [-0.25, -0.2) is 0 Å². The number of nitrogens with zero attached hydrogens (tertiary/aromatic N) is 1. The summed E-state index contributed by atoms with van der Waals surface area (Å²) < 4.78 is 7.47. The Balaban J connectivity index is 2.62. The number of benzene rings is 1. The predicted octanol–water partition coefficient (Wildman–Crippen LogP) is 1.69. The molecule has 0 unspecified atom stereocenters. The second kappa shape index (κ2) is 3.95. The maximum atomic E-state index is 5.56. The molecule has 2 aromatic rings. The number of aromatic nitrogens is 1. The SMILES string of the molecule is COc1cc(CCN)cc2c1ccn2C. The maximum Gasteiger partial charge on any atom is 0.128 e. The standard InChI is InChI=1S/C12H16N2O/c1-14-6-4-10-11(14)7-9(3-5-13)8-12(10)15-2/h4,6-8H,3,5,13H2,1-2H3. The Morgan fingerprint density at radius 1 is 1.40 bits per heavy atom. The Morgan fingerprint density at radius 3 is 2.87 bits per heavy atom. The summed E-state index contributed by atoms with van der Waals surface area (Å²) in [6, 6.07) is 6.31. The minimum atomic E-state index is 0.666. The van der Waals surface area contributed by atoms with Crippen molar-refractivity contribution in [2.24, 2.45) is 12.8 Å². The van der Waals surface area contributed by atoms with Crippen molar-refractivity contribution >= 4 is 10.9 Å². The molecule has 0 saturated heterocycles. The molecule has 2 rings (SSSR count). The summed E-state index contributed by atoms with van der Waals surface area (Å²) in [7, 11) is 3.74. The molecule has 15 heavy (non-hydrogen) atoms. The van der Waals surface area contributed by atoms with Gasteiger partial charge in [-0.3, -0.25) is 0 Å². The number of fused-ring (bicyclic) bond motifs is 1. The van der Waals surface area contributed by atoms with Crippen LogP contribution >= 0.6 is 0 Å². The van der Waals surface area contributed by atoms with Gasteiger partial charge in [0.15, 0.2) is 0 Å². The first-order valence-electron chi connectivity index (χ1n) is 5.08. The second-order valence-corrected chi connectivity index (χ2v) is 3.70. The number of hydrogen-bond donors (Lipinski definition) is 1. The summed E-state index contributed by atoms with van der Waals surface area (Å²) in [5, 5.41) is 1.15. The summed E-state index contributed by atoms with van der Waals surface area (Å²) in [6.07, 6.45) is 2.93. The summed E-state index contributed by atoms with van der Waals surface area (Å²) in [4.78, 5) is 0. The fourth-order valence-corrected chi connectivity index (χ4v) is 1.87. The van der Waals surface area contributed by atoms with E-state index in [1.54, 1.807) is 7.11 Å². The van der Waals surface area contributed by atoms with Crippen molar-refractivity contribution in [2.45, 2.75) is 6.42 Å². The molecule has 1 aromatic carbocycles. The molecule has 0 amide bonds. The lowest BCUT2D eigenvalue weighted by Gasteiger charge is -2.07. The maximum absolute atomic E-state index is 5.56. The van der Waals surface area contributed by atoms with Crippen LogP contribution in [0.15, 0.2) is 24.4 Å². The topological polar surface area (TPSA) is 40.2 Å². The van der Waals surface area contributed by atoms with Crippen LogP contribution in [-0.2, 0) is 13.5 Å². The van der Waals surface area contributed by atoms with Crippen LogP contribution in [0.3, 0.4) is 0 Å². The molecular formula is C12H16N2O. The molecule has 0 bridgehead atoms. The Bertz CT molecular complexity index is 474. The van der Waals surface area contributed by atoms with Gasteiger partial charge in [-0.1, -0.05) is 0 Å². The highest BCUT2D eigenvalue weighted by atomic mass is 16.5. The van der Waals surface area contributed by atoms with E-state index < -0.39 is 0 Å². The molecule has 0 radical (unpaired) electrons. The minimum absolute atomic E-state index is 0.666. The van der Waals surface area contributed by atoms with E-state index in [2.05, 4.69) is 22.8 Å². The number of methoxy groups -OCH3 is 1. The smallest absolute Gasteiger partial charge is 0.128 e. The molecule has 3 heteroatoms. The van der Waals surface area contributed by atoms with Crippen molar-refractivity contribution < 1.29 is 4.74 Å². The van der Waals surface area contributed by atoms with Crippen LogP contribution in [0.4, 0.5) is 0 Å². The van der Waals surface area contributed by atoms with E-state index in [-0.39, 0.29) is 0 Å². The van der Waals surface area contributed by atoms with E-state index in [0.29, 0.717) is 6.54 Å². The van der Waals surface area contributed by atoms with Crippen molar-refractivity contribution in [3.05, 3.63) is 30.0 Å². The molecule has 80 valence electrons. The average molecular weight is 204 g/mol. The lowest BCUT2D eigenvalue weighted by atomic mass is 10.1. The van der Waals surface area contributed by atoms with Gasteiger partial charge in [0.1, 0.15) is 5.75 Å². The van der Waals surface area contributed by atoms with Gasteiger partial charge in [-0.2, -0.15) is 0 Å². The van der Waals surface area contributed by atoms with Gasteiger partial charge in [-0.15, -0.1) is 0 Å². The molecular weight excluding hydrogens is 188 g/mol. The lowest BCUT2D eigenvalue weighted by Crippen LogP contribution is -2.03. The van der Waals surface area contributed by atoms with Crippen LogP contribution < -0.4 is 10.5 Å². The Hall–Kier alpha value is -1.48. The normalized spacial score (nSPS) is 10.9. The number of aryl methyl sites for hydroxylation is 1.